The van der Waals surface area contributed by atoms with Gasteiger partial charge in [0.15, 0.2) is 0 Å². The molecule has 2 aromatic rings. The Morgan fingerprint density at radius 1 is 1.38 bits per heavy atom. The summed E-state index contributed by atoms with van der Waals surface area (Å²) in [5, 5.41) is 0.995. The van der Waals surface area contributed by atoms with Crippen LogP contribution in [0.5, 0.6) is 0 Å². The van der Waals surface area contributed by atoms with Crippen molar-refractivity contribution in [3.63, 3.8) is 0 Å². The van der Waals surface area contributed by atoms with Gasteiger partial charge in [-0.05, 0) is 26.8 Å². The van der Waals surface area contributed by atoms with E-state index < -0.39 is 0 Å². The van der Waals surface area contributed by atoms with E-state index in [4.69, 9.17) is 10.2 Å². The smallest absolute Gasteiger partial charge is 0.209 e. The lowest BCUT2D eigenvalue weighted by Gasteiger charge is -2.20. The highest BCUT2D eigenvalue weighted by atomic mass is 16.3. The Morgan fingerprint density at radius 2 is 2.08 bits per heavy atom. The average molecular weight is 178 g/mol. The van der Waals surface area contributed by atoms with Gasteiger partial charge in [-0.15, -0.1) is 0 Å². The Hall–Kier alpha value is -1.38. The molecule has 2 N–H and O–H groups in total. The summed E-state index contributed by atoms with van der Waals surface area (Å²) in [6.45, 7) is 6.39. The zero-order chi connectivity index (χ0) is 9.64. The summed E-state index contributed by atoms with van der Waals surface area (Å²) >= 11 is 0. The topological polar surface area (TPSA) is 44.1 Å². The lowest BCUT2D eigenvalue weighted by atomic mass is 10.1. The normalized spacial score (nSPS) is 12.5. The number of fused-ring (bicyclic) bond motifs is 1. The first kappa shape index (κ1) is 8.23. The molecule has 2 aromatic heterocycles. The first-order chi connectivity index (χ1) is 6.00. The molecule has 0 aliphatic heterocycles. The molecular formula is C10H14N2O. The van der Waals surface area contributed by atoms with Crippen LogP contribution >= 0.6 is 0 Å². The van der Waals surface area contributed by atoms with Crippen LogP contribution < -0.4 is 5.73 Å². The van der Waals surface area contributed by atoms with Crippen LogP contribution in [0.2, 0.25) is 0 Å². The molecule has 2 rings (SSSR count). The van der Waals surface area contributed by atoms with E-state index in [9.17, 15) is 0 Å². The second-order valence-electron chi connectivity index (χ2n) is 4.27. The van der Waals surface area contributed by atoms with Crippen LogP contribution in [0.4, 0.5) is 5.69 Å². The third-order valence-corrected chi connectivity index (χ3v) is 2.17. The number of nitrogens with zero attached hydrogens (tertiary/aromatic N) is 1. The van der Waals surface area contributed by atoms with Gasteiger partial charge in [0.05, 0.1) is 11.1 Å². The van der Waals surface area contributed by atoms with Crippen LogP contribution in [0.3, 0.4) is 0 Å². The van der Waals surface area contributed by atoms with Crippen molar-refractivity contribution in [1.82, 2.24) is 4.57 Å². The molecule has 2 heterocycles. The molecule has 13 heavy (non-hydrogen) atoms. The Bertz CT molecular complexity index is 431. The van der Waals surface area contributed by atoms with Gasteiger partial charge in [0, 0.05) is 11.7 Å². The van der Waals surface area contributed by atoms with Crippen LogP contribution in [0.25, 0.3) is 11.1 Å². The van der Waals surface area contributed by atoms with Crippen molar-refractivity contribution in [3.05, 3.63) is 18.5 Å². The van der Waals surface area contributed by atoms with Gasteiger partial charge in [0.2, 0.25) is 5.71 Å². The van der Waals surface area contributed by atoms with E-state index in [0.717, 1.165) is 11.1 Å². The van der Waals surface area contributed by atoms with Gasteiger partial charge in [-0.1, -0.05) is 0 Å². The number of aromatic nitrogens is 1. The number of nitrogen functional groups attached to an aromatic ring is 1. The Kier molecular flexibility index (Phi) is 1.46. The number of hydrogen-bond acceptors (Lipinski definition) is 2. The van der Waals surface area contributed by atoms with Crippen molar-refractivity contribution in [2.45, 2.75) is 26.3 Å². The summed E-state index contributed by atoms with van der Waals surface area (Å²) in [5.74, 6) is 0. The zero-order valence-corrected chi connectivity index (χ0v) is 8.16. The predicted octanol–water partition coefficient (Wildman–Crippen LogP) is 2.57. The maximum absolute atomic E-state index is 5.73. The lowest BCUT2D eigenvalue weighted by Crippen LogP contribution is -2.20. The van der Waals surface area contributed by atoms with E-state index in [2.05, 4.69) is 25.3 Å². The van der Waals surface area contributed by atoms with Gasteiger partial charge in [0.1, 0.15) is 6.26 Å². The number of anilines is 1. The fourth-order valence-electron chi connectivity index (χ4n) is 1.47. The Balaban J connectivity index is 2.72. The van der Waals surface area contributed by atoms with Crippen LogP contribution in [0.15, 0.2) is 22.9 Å². The van der Waals surface area contributed by atoms with Gasteiger partial charge >= 0.3 is 0 Å². The first-order valence-corrected chi connectivity index (χ1v) is 4.34. The van der Waals surface area contributed by atoms with Crippen molar-refractivity contribution in [2.75, 3.05) is 5.73 Å². The molecule has 0 fully saturated rings. The standard InChI is InChI=1S/C10H14N2O/c1-10(2,3)12-5-4-7-8(11)6-13-9(7)12/h4-6H,11H2,1-3H3. The molecule has 0 amide bonds. The largest absolute Gasteiger partial charge is 0.446 e. The maximum atomic E-state index is 5.73. The van der Waals surface area contributed by atoms with E-state index in [1.54, 1.807) is 6.26 Å². The number of furan rings is 1. The van der Waals surface area contributed by atoms with Crippen LogP contribution in [-0.4, -0.2) is 4.57 Å². The molecule has 0 unspecified atom stereocenters. The minimum Gasteiger partial charge on any atom is -0.446 e. The Morgan fingerprint density at radius 3 is 2.69 bits per heavy atom. The molecule has 0 radical (unpaired) electrons. The summed E-state index contributed by atoms with van der Waals surface area (Å²) in [7, 11) is 0. The van der Waals surface area contributed by atoms with Crippen LogP contribution in [-0.2, 0) is 5.54 Å². The average Bonchev–Trinajstić information content (AvgIpc) is 2.51. The Labute approximate surface area is 77.1 Å². The van der Waals surface area contributed by atoms with Crippen molar-refractivity contribution < 1.29 is 4.42 Å². The van der Waals surface area contributed by atoms with E-state index >= 15 is 0 Å². The van der Waals surface area contributed by atoms with Crippen molar-refractivity contribution in [3.8, 4) is 0 Å². The molecular weight excluding hydrogens is 164 g/mol. The van der Waals surface area contributed by atoms with E-state index in [0.29, 0.717) is 5.69 Å². The van der Waals surface area contributed by atoms with Gasteiger partial charge in [0.25, 0.3) is 0 Å². The van der Waals surface area contributed by atoms with Crippen molar-refractivity contribution in [2.24, 2.45) is 0 Å². The molecule has 0 atom stereocenters. The van der Waals surface area contributed by atoms with Crippen LogP contribution in [0, 0.1) is 0 Å². The number of hydrogen-bond donors (Lipinski definition) is 1. The third kappa shape index (κ3) is 1.11. The fourth-order valence-corrected chi connectivity index (χ4v) is 1.47. The monoisotopic (exact) mass is 178 g/mol. The molecule has 0 saturated heterocycles. The summed E-state index contributed by atoms with van der Waals surface area (Å²) in [5.41, 5.74) is 7.32. The molecule has 0 bridgehead atoms. The van der Waals surface area contributed by atoms with Crippen molar-refractivity contribution >= 4 is 16.8 Å². The molecule has 0 aliphatic rings. The molecule has 0 aliphatic carbocycles. The summed E-state index contributed by atoms with van der Waals surface area (Å²) in [4.78, 5) is 0. The second kappa shape index (κ2) is 2.31. The van der Waals surface area contributed by atoms with Gasteiger partial charge in [-0.25, -0.2) is 0 Å². The fraction of sp³-hybridized carbons (Fsp3) is 0.400. The van der Waals surface area contributed by atoms with Gasteiger partial charge < -0.3 is 14.7 Å². The minimum atomic E-state index is 0.0338. The van der Waals surface area contributed by atoms with E-state index in [-0.39, 0.29) is 5.54 Å². The van der Waals surface area contributed by atoms with Crippen LogP contribution in [0.1, 0.15) is 20.8 Å². The third-order valence-electron chi connectivity index (χ3n) is 2.17. The first-order valence-electron chi connectivity index (χ1n) is 4.34. The molecule has 3 heteroatoms. The van der Waals surface area contributed by atoms with E-state index in [1.807, 2.05) is 12.3 Å². The highest BCUT2D eigenvalue weighted by molar-refractivity contribution is 5.87. The SMILES string of the molecule is CC(C)(C)n1ccc2c(N)coc21. The summed E-state index contributed by atoms with van der Waals surface area (Å²) in [6.07, 6.45) is 3.59. The molecule has 3 nitrogen and oxygen atoms in total. The number of rotatable bonds is 0. The highest BCUT2D eigenvalue weighted by Gasteiger charge is 2.17. The second-order valence-corrected chi connectivity index (χ2v) is 4.27. The van der Waals surface area contributed by atoms with E-state index in [1.165, 1.54) is 0 Å². The maximum Gasteiger partial charge on any atom is 0.209 e. The summed E-state index contributed by atoms with van der Waals surface area (Å²) in [6, 6.07) is 1.99. The molecule has 0 saturated carbocycles. The van der Waals surface area contributed by atoms with Gasteiger partial charge in [-0.2, -0.15) is 0 Å². The van der Waals surface area contributed by atoms with Gasteiger partial charge in [-0.3, -0.25) is 0 Å². The summed E-state index contributed by atoms with van der Waals surface area (Å²) < 4.78 is 7.47. The predicted molar refractivity (Wildman–Crippen MR) is 53.6 cm³/mol. The molecule has 0 aromatic carbocycles. The number of nitrogens with two attached hydrogens (primary N) is 1. The lowest BCUT2D eigenvalue weighted by molar-refractivity contribution is 0.388. The highest BCUT2D eigenvalue weighted by Crippen LogP contribution is 2.28. The molecule has 0 spiro atoms. The zero-order valence-electron chi connectivity index (χ0n) is 8.16. The quantitative estimate of drug-likeness (QED) is 0.673. The van der Waals surface area contributed by atoms with Crippen molar-refractivity contribution in [1.29, 1.82) is 0 Å². The molecule has 70 valence electrons. The minimum absolute atomic E-state index is 0.0338.